The van der Waals surface area contributed by atoms with Gasteiger partial charge in [0.05, 0.1) is 24.0 Å². The number of anilines is 1. The van der Waals surface area contributed by atoms with Crippen LogP contribution in [0.2, 0.25) is 0 Å². The van der Waals surface area contributed by atoms with Gasteiger partial charge in [0.2, 0.25) is 0 Å². The summed E-state index contributed by atoms with van der Waals surface area (Å²) in [4.78, 5) is 8.24. The lowest BCUT2D eigenvalue weighted by atomic mass is 10.1. The van der Waals surface area contributed by atoms with Crippen molar-refractivity contribution in [3.05, 3.63) is 95.5 Å². The number of benzene rings is 2. The summed E-state index contributed by atoms with van der Waals surface area (Å²) in [5.74, 6) is 1.22. The largest absolute Gasteiger partial charge is 0.385 e. The molecule has 0 aliphatic carbocycles. The zero-order valence-corrected chi connectivity index (χ0v) is 16.0. The predicted molar refractivity (Wildman–Crippen MR) is 116 cm³/mol. The number of fused-ring (bicyclic) bond motifs is 2. The fourth-order valence-corrected chi connectivity index (χ4v) is 3.58. The highest BCUT2D eigenvalue weighted by molar-refractivity contribution is 5.92. The molecule has 0 spiro atoms. The van der Waals surface area contributed by atoms with Crippen LogP contribution < -0.4 is 16.4 Å². The number of aromatic nitrogens is 2. The second kappa shape index (κ2) is 6.56. The molecular weight excluding hydrogens is 362 g/mol. The van der Waals surface area contributed by atoms with Crippen molar-refractivity contribution in [1.82, 2.24) is 14.7 Å². The van der Waals surface area contributed by atoms with Crippen LogP contribution in [0.15, 0.2) is 94.9 Å². The number of rotatable bonds is 3. The molecule has 0 amide bonds. The molecule has 29 heavy (non-hydrogen) atoms. The molecule has 144 valence electrons. The zero-order chi connectivity index (χ0) is 20.0. The summed E-state index contributed by atoms with van der Waals surface area (Å²) in [5, 5.41) is 5.61. The van der Waals surface area contributed by atoms with Gasteiger partial charge in [-0.25, -0.2) is 4.99 Å². The Morgan fingerprint density at radius 1 is 1.03 bits per heavy atom. The Morgan fingerprint density at radius 2 is 1.86 bits per heavy atom. The smallest absolute Gasteiger partial charge is 0.118 e. The summed E-state index contributed by atoms with van der Waals surface area (Å²) >= 11 is 0. The monoisotopic (exact) mass is 383 g/mol. The highest BCUT2D eigenvalue weighted by Crippen LogP contribution is 2.31. The number of nitrogens with two attached hydrogens (primary N) is 2. The molecule has 7 nitrogen and oxygen atoms in total. The van der Waals surface area contributed by atoms with Gasteiger partial charge in [0.25, 0.3) is 0 Å². The van der Waals surface area contributed by atoms with E-state index in [2.05, 4.69) is 34.4 Å². The Bertz CT molecular complexity index is 1210. The van der Waals surface area contributed by atoms with E-state index in [1.54, 1.807) is 6.34 Å². The van der Waals surface area contributed by atoms with Crippen molar-refractivity contribution >= 4 is 22.9 Å². The molecule has 1 aromatic heterocycles. The van der Waals surface area contributed by atoms with E-state index in [4.69, 9.17) is 11.5 Å². The van der Waals surface area contributed by atoms with Crippen LogP contribution in [-0.2, 0) is 6.54 Å². The van der Waals surface area contributed by atoms with Crippen molar-refractivity contribution in [2.24, 2.45) is 16.5 Å². The molecule has 5 rings (SSSR count). The molecule has 0 bridgehead atoms. The van der Waals surface area contributed by atoms with Crippen molar-refractivity contribution < 1.29 is 0 Å². The van der Waals surface area contributed by atoms with Gasteiger partial charge < -0.3 is 16.4 Å². The standard InChI is InChI=1S/C22H21N7/c1-27-13-19-18(10-21(27)23)22(24)28(14-25-19)17-7-8-20-16(9-17)11-26-29(20)12-15-5-3-2-4-6-15/h2-11,13-14H,12,23-24H2,1H3. The van der Waals surface area contributed by atoms with Crippen LogP contribution in [0.25, 0.3) is 10.9 Å². The molecule has 0 radical (unpaired) electrons. The first kappa shape index (κ1) is 17.1. The normalized spacial score (nSPS) is 16.2. The lowest BCUT2D eigenvalue weighted by molar-refractivity contribution is 0.547. The fourth-order valence-electron chi connectivity index (χ4n) is 3.58. The van der Waals surface area contributed by atoms with Gasteiger partial charge in [0.15, 0.2) is 0 Å². The number of aliphatic imine (C=N–C) groups is 1. The van der Waals surface area contributed by atoms with E-state index in [1.165, 1.54) is 5.56 Å². The summed E-state index contributed by atoms with van der Waals surface area (Å²) in [6, 6.07) is 16.5. The second-order valence-electron chi connectivity index (χ2n) is 7.14. The third-order valence-electron chi connectivity index (χ3n) is 5.22. The van der Waals surface area contributed by atoms with Gasteiger partial charge in [-0.15, -0.1) is 0 Å². The quantitative estimate of drug-likeness (QED) is 0.726. The van der Waals surface area contributed by atoms with Gasteiger partial charge in [-0.1, -0.05) is 30.3 Å². The summed E-state index contributed by atoms with van der Waals surface area (Å²) in [5.41, 5.74) is 17.3. The van der Waals surface area contributed by atoms with Crippen LogP contribution in [0, 0.1) is 0 Å². The number of nitrogens with zero attached hydrogens (tertiary/aromatic N) is 5. The molecule has 0 saturated carbocycles. The van der Waals surface area contributed by atoms with E-state index in [9.17, 15) is 0 Å². The van der Waals surface area contributed by atoms with Crippen LogP contribution in [-0.4, -0.2) is 28.1 Å². The second-order valence-corrected chi connectivity index (χ2v) is 7.14. The third kappa shape index (κ3) is 2.93. The van der Waals surface area contributed by atoms with Crippen LogP contribution >= 0.6 is 0 Å². The summed E-state index contributed by atoms with van der Waals surface area (Å²) in [7, 11) is 1.88. The highest BCUT2D eigenvalue weighted by atomic mass is 15.3. The average molecular weight is 383 g/mol. The van der Waals surface area contributed by atoms with E-state index < -0.39 is 0 Å². The first-order chi connectivity index (χ1) is 14.1. The van der Waals surface area contributed by atoms with E-state index in [1.807, 2.05) is 64.3 Å². The van der Waals surface area contributed by atoms with Crippen LogP contribution in [0.5, 0.6) is 0 Å². The molecule has 0 unspecified atom stereocenters. The minimum absolute atomic E-state index is 0.596. The van der Waals surface area contributed by atoms with E-state index in [0.717, 1.165) is 34.4 Å². The van der Waals surface area contributed by atoms with Gasteiger partial charge >= 0.3 is 0 Å². The molecule has 0 atom stereocenters. The van der Waals surface area contributed by atoms with Gasteiger partial charge in [-0.05, 0) is 29.8 Å². The topological polar surface area (TPSA) is 88.7 Å². The molecule has 3 aromatic rings. The minimum Gasteiger partial charge on any atom is -0.385 e. The molecule has 2 aliphatic rings. The van der Waals surface area contributed by atoms with Crippen molar-refractivity contribution in [2.75, 3.05) is 11.9 Å². The Hall–Kier alpha value is -4.00. The molecule has 0 fully saturated rings. The lowest BCUT2D eigenvalue weighted by Crippen LogP contribution is -2.33. The van der Waals surface area contributed by atoms with Crippen molar-refractivity contribution in [1.29, 1.82) is 0 Å². The molecular formula is C22H21N7. The Kier molecular flexibility index (Phi) is 3.87. The first-order valence-electron chi connectivity index (χ1n) is 9.35. The molecule has 3 heterocycles. The number of hydrogen-bond donors (Lipinski definition) is 2. The summed E-state index contributed by atoms with van der Waals surface area (Å²) in [6.45, 7) is 0.729. The van der Waals surface area contributed by atoms with Crippen molar-refractivity contribution in [3.63, 3.8) is 0 Å². The predicted octanol–water partition coefficient (Wildman–Crippen LogP) is 2.69. The Balaban J connectivity index is 1.49. The number of hydrogen-bond acceptors (Lipinski definition) is 6. The third-order valence-corrected chi connectivity index (χ3v) is 5.22. The van der Waals surface area contributed by atoms with Crippen molar-refractivity contribution in [3.8, 4) is 0 Å². The van der Waals surface area contributed by atoms with Gasteiger partial charge in [-0.2, -0.15) is 5.10 Å². The van der Waals surface area contributed by atoms with E-state index >= 15 is 0 Å². The first-order valence-corrected chi connectivity index (χ1v) is 9.35. The lowest BCUT2D eigenvalue weighted by Gasteiger charge is -2.29. The fraction of sp³-hybridized carbons (Fsp3) is 0.0909. The van der Waals surface area contributed by atoms with Crippen molar-refractivity contribution in [2.45, 2.75) is 6.54 Å². The summed E-state index contributed by atoms with van der Waals surface area (Å²) < 4.78 is 2.00. The molecule has 4 N–H and O–H groups in total. The van der Waals surface area contributed by atoms with Gasteiger partial charge in [0.1, 0.15) is 18.0 Å². The van der Waals surface area contributed by atoms with Gasteiger partial charge in [-0.3, -0.25) is 9.58 Å². The van der Waals surface area contributed by atoms with Crippen LogP contribution in [0.3, 0.4) is 0 Å². The summed E-state index contributed by atoms with van der Waals surface area (Å²) in [6.07, 6.45) is 7.35. The van der Waals surface area contributed by atoms with Crippen LogP contribution in [0.1, 0.15) is 5.56 Å². The molecule has 2 aliphatic heterocycles. The maximum atomic E-state index is 6.46. The molecule has 2 aromatic carbocycles. The van der Waals surface area contributed by atoms with E-state index in [0.29, 0.717) is 11.6 Å². The molecule has 7 heteroatoms. The number of allylic oxidation sites excluding steroid dienone is 1. The molecule has 0 saturated heterocycles. The minimum atomic E-state index is 0.596. The Morgan fingerprint density at radius 3 is 2.69 bits per heavy atom. The average Bonchev–Trinajstić information content (AvgIpc) is 3.12. The van der Waals surface area contributed by atoms with E-state index in [-0.39, 0.29) is 0 Å². The Labute approximate surface area is 168 Å². The van der Waals surface area contributed by atoms with Gasteiger partial charge in [0, 0.05) is 29.9 Å². The highest BCUT2D eigenvalue weighted by Gasteiger charge is 2.23. The van der Waals surface area contributed by atoms with Crippen LogP contribution in [0.4, 0.5) is 5.69 Å². The maximum Gasteiger partial charge on any atom is 0.118 e. The SMILES string of the molecule is CN1C=C2N=CN(c3ccc4c(cnn4Cc4ccccc4)c3)C(N)=C2C=C1N. The zero-order valence-electron chi connectivity index (χ0n) is 16.0. The maximum absolute atomic E-state index is 6.46.